The lowest BCUT2D eigenvalue weighted by Crippen LogP contribution is -2.26. The number of nitrogens with zero attached hydrogens (tertiary/aromatic N) is 4. The van der Waals surface area contributed by atoms with Crippen LogP contribution >= 0.6 is 0 Å². The SMILES string of the molecule is On1ncc(C2CCNCC2)c1-c1cccc(-c2cncnc2)c1. The van der Waals surface area contributed by atoms with Crippen molar-refractivity contribution in [3.63, 3.8) is 0 Å². The van der Waals surface area contributed by atoms with Crippen LogP contribution in [0, 0.1) is 0 Å². The molecule has 0 saturated carbocycles. The molecule has 0 spiro atoms. The Kier molecular flexibility index (Phi) is 3.96. The molecule has 6 heteroatoms. The maximum absolute atomic E-state index is 10.2. The number of nitrogens with one attached hydrogen (secondary N) is 1. The summed E-state index contributed by atoms with van der Waals surface area (Å²) in [4.78, 5) is 9.15. The first-order chi connectivity index (χ1) is 11.8. The highest BCUT2D eigenvalue weighted by Gasteiger charge is 2.23. The van der Waals surface area contributed by atoms with Gasteiger partial charge >= 0.3 is 0 Å². The van der Waals surface area contributed by atoms with Gasteiger partial charge in [0.15, 0.2) is 0 Å². The molecule has 122 valence electrons. The van der Waals surface area contributed by atoms with Gasteiger partial charge in [0.2, 0.25) is 0 Å². The van der Waals surface area contributed by atoms with Gasteiger partial charge in [-0.05, 0) is 43.5 Å². The van der Waals surface area contributed by atoms with Crippen molar-refractivity contribution in [2.75, 3.05) is 13.1 Å². The van der Waals surface area contributed by atoms with Gasteiger partial charge in [-0.2, -0.15) is 0 Å². The summed E-state index contributed by atoms with van der Waals surface area (Å²) >= 11 is 0. The molecule has 1 aliphatic rings. The largest absolute Gasteiger partial charge is 0.411 e. The molecule has 0 radical (unpaired) electrons. The molecule has 3 aromatic rings. The van der Waals surface area contributed by atoms with Crippen molar-refractivity contribution in [3.05, 3.63) is 54.7 Å². The summed E-state index contributed by atoms with van der Waals surface area (Å²) in [5, 5.41) is 17.7. The molecule has 2 N–H and O–H groups in total. The minimum Gasteiger partial charge on any atom is -0.411 e. The van der Waals surface area contributed by atoms with Gasteiger partial charge in [-0.3, -0.25) is 0 Å². The lowest BCUT2D eigenvalue weighted by Gasteiger charge is -2.22. The molecule has 1 aromatic carbocycles. The lowest BCUT2D eigenvalue weighted by atomic mass is 9.88. The van der Waals surface area contributed by atoms with E-state index in [1.54, 1.807) is 18.6 Å². The van der Waals surface area contributed by atoms with E-state index in [2.05, 4.69) is 20.4 Å². The highest BCUT2D eigenvalue weighted by molar-refractivity contribution is 5.72. The third-order valence-corrected chi connectivity index (χ3v) is 4.59. The number of piperidine rings is 1. The summed E-state index contributed by atoms with van der Waals surface area (Å²) < 4.78 is 0. The molecular formula is C18H19N5O. The number of rotatable bonds is 3. The van der Waals surface area contributed by atoms with Crippen LogP contribution in [0.2, 0.25) is 0 Å². The van der Waals surface area contributed by atoms with E-state index in [4.69, 9.17) is 0 Å². The molecule has 3 heterocycles. The van der Waals surface area contributed by atoms with E-state index < -0.39 is 0 Å². The average molecular weight is 321 g/mol. The molecule has 24 heavy (non-hydrogen) atoms. The van der Waals surface area contributed by atoms with Crippen LogP contribution in [0.15, 0.2) is 49.2 Å². The van der Waals surface area contributed by atoms with Crippen molar-refractivity contribution < 1.29 is 5.21 Å². The van der Waals surface area contributed by atoms with Crippen LogP contribution in [0.1, 0.15) is 24.3 Å². The van der Waals surface area contributed by atoms with Crippen molar-refractivity contribution in [2.45, 2.75) is 18.8 Å². The highest BCUT2D eigenvalue weighted by Crippen LogP contribution is 2.34. The Morgan fingerprint density at radius 1 is 1.00 bits per heavy atom. The molecule has 0 aliphatic carbocycles. The molecule has 0 amide bonds. The van der Waals surface area contributed by atoms with E-state index in [9.17, 15) is 5.21 Å². The first kappa shape index (κ1) is 14.8. The Hall–Kier alpha value is -2.73. The van der Waals surface area contributed by atoms with Gasteiger partial charge in [0.25, 0.3) is 0 Å². The van der Waals surface area contributed by atoms with Crippen molar-refractivity contribution in [3.8, 4) is 22.4 Å². The molecule has 0 atom stereocenters. The average Bonchev–Trinajstić information content (AvgIpc) is 3.05. The summed E-state index contributed by atoms with van der Waals surface area (Å²) in [5.41, 5.74) is 4.81. The number of aromatic nitrogens is 4. The predicted molar refractivity (Wildman–Crippen MR) is 90.7 cm³/mol. The van der Waals surface area contributed by atoms with Crippen LogP contribution in [0.3, 0.4) is 0 Å². The van der Waals surface area contributed by atoms with Gasteiger partial charge < -0.3 is 10.5 Å². The van der Waals surface area contributed by atoms with Crippen molar-refractivity contribution in [2.24, 2.45) is 0 Å². The first-order valence-electron chi connectivity index (χ1n) is 8.16. The van der Waals surface area contributed by atoms with E-state index in [1.165, 1.54) is 6.33 Å². The second-order valence-electron chi connectivity index (χ2n) is 6.07. The van der Waals surface area contributed by atoms with Gasteiger partial charge in [-0.1, -0.05) is 18.2 Å². The summed E-state index contributed by atoms with van der Waals surface area (Å²) in [6, 6.07) is 8.05. The smallest absolute Gasteiger partial charge is 0.115 e. The maximum atomic E-state index is 10.2. The standard InChI is InChI=1S/C18H19N5O/c24-23-18(17(11-22-23)13-4-6-19-7-5-13)15-3-1-2-14(8-15)16-9-20-12-21-10-16/h1-3,8-13,19,24H,4-7H2. The van der Waals surface area contributed by atoms with Gasteiger partial charge in [0.05, 0.1) is 6.20 Å². The lowest BCUT2D eigenvalue weighted by molar-refractivity contribution is 0.153. The second-order valence-corrected chi connectivity index (χ2v) is 6.07. The minimum absolute atomic E-state index is 0.422. The van der Waals surface area contributed by atoms with Crippen LogP contribution in [0.4, 0.5) is 0 Å². The van der Waals surface area contributed by atoms with Crippen LogP contribution in [0.25, 0.3) is 22.4 Å². The monoisotopic (exact) mass is 321 g/mol. The van der Waals surface area contributed by atoms with E-state index in [-0.39, 0.29) is 0 Å². The first-order valence-corrected chi connectivity index (χ1v) is 8.16. The Labute approximate surface area is 140 Å². The summed E-state index contributed by atoms with van der Waals surface area (Å²) in [6.07, 6.45) is 9.01. The third kappa shape index (κ3) is 2.76. The molecule has 1 saturated heterocycles. The molecule has 0 unspecified atom stereocenters. The quantitative estimate of drug-likeness (QED) is 0.725. The van der Waals surface area contributed by atoms with E-state index in [0.29, 0.717) is 5.92 Å². The molecule has 4 rings (SSSR count). The maximum Gasteiger partial charge on any atom is 0.115 e. The van der Waals surface area contributed by atoms with E-state index >= 15 is 0 Å². The van der Waals surface area contributed by atoms with Crippen LogP contribution in [-0.4, -0.2) is 38.2 Å². The fraction of sp³-hybridized carbons (Fsp3) is 0.278. The summed E-state index contributed by atoms with van der Waals surface area (Å²) in [6.45, 7) is 2.00. The fourth-order valence-electron chi connectivity index (χ4n) is 3.36. The molecular weight excluding hydrogens is 302 g/mol. The van der Waals surface area contributed by atoms with Crippen LogP contribution < -0.4 is 5.32 Å². The molecule has 0 bridgehead atoms. The van der Waals surface area contributed by atoms with Gasteiger partial charge in [-0.15, -0.1) is 9.94 Å². The summed E-state index contributed by atoms with van der Waals surface area (Å²) in [7, 11) is 0. The van der Waals surface area contributed by atoms with Crippen LogP contribution in [-0.2, 0) is 0 Å². The van der Waals surface area contributed by atoms with Gasteiger partial charge in [0.1, 0.15) is 12.0 Å². The fourth-order valence-corrected chi connectivity index (χ4v) is 3.36. The Morgan fingerprint density at radius 3 is 2.54 bits per heavy atom. The summed E-state index contributed by atoms with van der Waals surface area (Å²) in [5.74, 6) is 0.422. The third-order valence-electron chi connectivity index (χ3n) is 4.59. The number of hydrogen-bond acceptors (Lipinski definition) is 5. The van der Waals surface area contributed by atoms with Gasteiger partial charge in [-0.25, -0.2) is 9.97 Å². The Balaban J connectivity index is 1.75. The molecule has 1 fully saturated rings. The molecule has 6 nitrogen and oxygen atoms in total. The van der Waals surface area contributed by atoms with Crippen LogP contribution in [0.5, 0.6) is 0 Å². The van der Waals surface area contributed by atoms with Crippen molar-refractivity contribution in [1.29, 1.82) is 0 Å². The second kappa shape index (κ2) is 6.41. The zero-order valence-electron chi connectivity index (χ0n) is 13.3. The highest BCUT2D eigenvalue weighted by atomic mass is 16.5. The van der Waals surface area contributed by atoms with E-state index in [0.717, 1.165) is 58.7 Å². The van der Waals surface area contributed by atoms with E-state index in [1.807, 2.05) is 24.3 Å². The Morgan fingerprint density at radius 2 is 1.75 bits per heavy atom. The normalized spacial score (nSPS) is 15.5. The number of benzene rings is 1. The number of hydrogen-bond donors (Lipinski definition) is 2. The van der Waals surface area contributed by atoms with Gasteiger partial charge in [0, 0.05) is 29.1 Å². The minimum atomic E-state index is 0.422. The van der Waals surface area contributed by atoms with Crippen molar-refractivity contribution >= 4 is 0 Å². The zero-order chi connectivity index (χ0) is 16.4. The zero-order valence-corrected chi connectivity index (χ0v) is 13.3. The molecule has 1 aliphatic heterocycles. The topological polar surface area (TPSA) is 75.9 Å². The molecule has 2 aromatic heterocycles. The van der Waals surface area contributed by atoms with Crippen molar-refractivity contribution in [1.82, 2.24) is 25.2 Å². The predicted octanol–water partition coefficient (Wildman–Crippen LogP) is 2.71. The Bertz CT molecular complexity index is 824.